The van der Waals surface area contributed by atoms with Crippen molar-refractivity contribution >= 4 is 17.8 Å². The molecule has 1 aliphatic carbocycles. The molecule has 0 amide bonds. The zero-order valence-corrected chi connectivity index (χ0v) is 13.8. The van der Waals surface area contributed by atoms with Gasteiger partial charge in [0.15, 0.2) is 0 Å². The molecule has 6 heteroatoms. The van der Waals surface area contributed by atoms with Crippen LogP contribution in [0.2, 0.25) is 0 Å². The van der Waals surface area contributed by atoms with Gasteiger partial charge in [0.05, 0.1) is 12.0 Å². The van der Waals surface area contributed by atoms with Crippen LogP contribution in [0.25, 0.3) is 11.1 Å². The molecule has 0 radical (unpaired) electrons. The molecular weight excluding hydrogens is 302 g/mol. The molecule has 126 valence electrons. The number of nitrogens with two attached hydrogens (primary N) is 2. The van der Waals surface area contributed by atoms with Crippen molar-refractivity contribution in [2.75, 3.05) is 12.8 Å². The van der Waals surface area contributed by atoms with Crippen LogP contribution in [0.15, 0.2) is 29.4 Å². The summed E-state index contributed by atoms with van der Waals surface area (Å²) in [6, 6.07) is 5.83. The molecule has 0 bridgehead atoms. The number of hydrogen-bond donors (Lipinski definition) is 3. The molecule has 1 unspecified atom stereocenters. The molecule has 24 heavy (non-hydrogen) atoms. The summed E-state index contributed by atoms with van der Waals surface area (Å²) in [4.78, 5) is 6.56. The predicted octanol–water partition coefficient (Wildman–Crippen LogP) is 3.12. The zero-order chi connectivity index (χ0) is 16.8. The Kier molecular flexibility index (Phi) is 3.49. The van der Waals surface area contributed by atoms with Crippen molar-refractivity contribution in [3.8, 4) is 16.9 Å². The van der Waals surface area contributed by atoms with Gasteiger partial charge in [-0.15, -0.1) is 0 Å². The number of aliphatic imine (C=N–C) groups is 1. The van der Waals surface area contributed by atoms with E-state index in [9.17, 15) is 5.11 Å². The van der Waals surface area contributed by atoms with Gasteiger partial charge in [-0.05, 0) is 30.5 Å². The third-order valence-corrected chi connectivity index (χ3v) is 5.20. The van der Waals surface area contributed by atoms with Gasteiger partial charge in [0.25, 0.3) is 0 Å². The minimum absolute atomic E-state index is 0.0936. The first-order valence-corrected chi connectivity index (χ1v) is 8.41. The topological polar surface area (TPSA) is 92.8 Å². The third-order valence-electron chi connectivity index (χ3n) is 5.20. The summed E-state index contributed by atoms with van der Waals surface area (Å²) in [6.45, 7) is 0. The van der Waals surface area contributed by atoms with Gasteiger partial charge in [-0.1, -0.05) is 18.9 Å². The number of aromatic nitrogens is 1. The lowest BCUT2D eigenvalue weighted by molar-refractivity contribution is 0.389. The number of anilines is 1. The largest absolute Gasteiger partial charge is 0.506 e. The fraction of sp³-hybridized carbons (Fsp3) is 0.389. The van der Waals surface area contributed by atoms with Crippen molar-refractivity contribution in [3.05, 3.63) is 30.0 Å². The van der Waals surface area contributed by atoms with Gasteiger partial charge in [0.1, 0.15) is 17.7 Å². The first-order valence-electron chi connectivity index (χ1n) is 8.41. The van der Waals surface area contributed by atoms with Gasteiger partial charge in [-0.3, -0.25) is 0 Å². The average molecular weight is 325 g/mol. The van der Waals surface area contributed by atoms with Crippen LogP contribution < -0.4 is 11.5 Å². The fourth-order valence-corrected chi connectivity index (χ4v) is 3.78. The van der Waals surface area contributed by atoms with Gasteiger partial charge >= 0.3 is 0 Å². The second-order valence-corrected chi connectivity index (χ2v) is 6.75. The van der Waals surface area contributed by atoms with E-state index in [0.717, 1.165) is 22.5 Å². The molecule has 0 spiro atoms. The lowest BCUT2D eigenvalue weighted by Gasteiger charge is -2.27. The molecule has 1 atom stereocenters. The highest BCUT2D eigenvalue weighted by Gasteiger charge is 2.30. The summed E-state index contributed by atoms with van der Waals surface area (Å²) in [6.07, 6.45) is 8.54. The SMILES string of the molecule is CN1C=Nc2c(c(-c3ccc(N)c(O)c3)cn2C2CCCC2)C1N. The maximum absolute atomic E-state index is 10.00. The lowest BCUT2D eigenvalue weighted by atomic mass is 10.0. The van der Waals surface area contributed by atoms with E-state index in [-0.39, 0.29) is 11.9 Å². The summed E-state index contributed by atoms with van der Waals surface area (Å²) in [5, 5.41) is 10.00. The Labute approximate surface area is 141 Å². The van der Waals surface area contributed by atoms with Gasteiger partial charge < -0.3 is 26.0 Å². The molecule has 1 aromatic heterocycles. The molecule has 1 fully saturated rings. The van der Waals surface area contributed by atoms with E-state index < -0.39 is 0 Å². The van der Waals surface area contributed by atoms with E-state index in [1.54, 1.807) is 18.5 Å². The second kappa shape index (κ2) is 5.56. The lowest BCUT2D eigenvalue weighted by Crippen LogP contribution is -2.32. The number of benzene rings is 1. The van der Waals surface area contributed by atoms with Crippen molar-refractivity contribution in [1.82, 2.24) is 9.47 Å². The Morgan fingerprint density at radius 2 is 2.00 bits per heavy atom. The highest BCUT2D eigenvalue weighted by atomic mass is 16.3. The van der Waals surface area contributed by atoms with Crippen LogP contribution in [-0.4, -0.2) is 28.0 Å². The van der Waals surface area contributed by atoms with Gasteiger partial charge in [0, 0.05) is 30.4 Å². The van der Waals surface area contributed by atoms with E-state index in [0.29, 0.717) is 11.7 Å². The number of fused-ring (bicyclic) bond motifs is 1. The molecule has 1 aliphatic heterocycles. The number of phenolic OH excluding ortho intramolecular Hbond substituents is 1. The summed E-state index contributed by atoms with van der Waals surface area (Å²) in [7, 11) is 1.92. The van der Waals surface area contributed by atoms with Gasteiger partial charge in [-0.2, -0.15) is 0 Å². The van der Waals surface area contributed by atoms with Crippen molar-refractivity contribution in [1.29, 1.82) is 0 Å². The summed E-state index contributed by atoms with van der Waals surface area (Å²) < 4.78 is 2.27. The quantitative estimate of drug-likeness (QED) is 0.584. The molecule has 2 aromatic rings. The average Bonchev–Trinajstić information content (AvgIpc) is 3.21. The maximum atomic E-state index is 10.00. The molecule has 4 rings (SSSR count). The third kappa shape index (κ3) is 2.26. The van der Waals surface area contributed by atoms with E-state index >= 15 is 0 Å². The number of nitrogen functional groups attached to an aromatic ring is 1. The van der Waals surface area contributed by atoms with E-state index in [4.69, 9.17) is 11.5 Å². The smallest absolute Gasteiger partial charge is 0.141 e. The van der Waals surface area contributed by atoms with Crippen molar-refractivity contribution in [2.24, 2.45) is 10.7 Å². The molecule has 1 aromatic carbocycles. The number of hydrogen-bond acceptors (Lipinski definition) is 5. The van der Waals surface area contributed by atoms with Crippen LogP contribution in [0, 0.1) is 0 Å². The molecule has 2 aliphatic rings. The molecule has 6 nitrogen and oxygen atoms in total. The highest BCUT2D eigenvalue weighted by Crippen LogP contribution is 2.44. The Morgan fingerprint density at radius 1 is 1.25 bits per heavy atom. The van der Waals surface area contributed by atoms with Crippen LogP contribution >= 0.6 is 0 Å². The van der Waals surface area contributed by atoms with E-state index in [1.165, 1.54) is 25.7 Å². The first-order chi connectivity index (χ1) is 11.6. The van der Waals surface area contributed by atoms with Crippen LogP contribution in [-0.2, 0) is 0 Å². The fourth-order valence-electron chi connectivity index (χ4n) is 3.78. The number of rotatable bonds is 2. The van der Waals surface area contributed by atoms with Crippen LogP contribution in [0.4, 0.5) is 11.5 Å². The van der Waals surface area contributed by atoms with Crippen molar-refractivity contribution in [2.45, 2.75) is 37.9 Å². The van der Waals surface area contributed by atoms with Crippen LogP contribution in [0.3, 0.4) is 0 Å². The predicted molar refractivity (Wildman–Crippen MR) is 96.3 cm³/mol. The van der Waals surface area contributed by atoms with Gasteiger partial charge in [-0.25, -0.2) is 4.99 Å². The number of phenols is 1. The minimum atomic E-state index is -0.255. The minimum Gasteiger partial charge on any atom is -0.506 e. The first kappa shape index (κ1) is 15.1. The monoisotopic (exact) mass is 325 g/mol. The second-order valence-electron chi connectivity index (χ2n) is 6.75. The molecule has 0 saturated heterocycles. The van der Waals surface area contributed by atoms with Crippen LogP contribution in [0.5, 0.6) is 5.75 Å². The maximum Gasteiger partial charge on any atom is 0.141 e. The zero-order valence-electron chi connectivity index (χ0n) is 13.8. The number of nitrogens with zero attached hydrogens (tertiary/aromatic N) is 3. The highest BCUT2D eigenvalue weighted by molar-refractivity contribution is 5.79. The summed E-state index contributed by atoms with van der Waals surface area (Å²) in [5.41, 5.74) is 15.5. The Hall–Kier alpha value is -2.47. The normalized spacial score (nSPS) is 20.6. The van der Waals surface area contributed by atoms with Crippen molar-refractivity contribution in [3.63, 3.8) is 0 Å². The molecule has 5 N–H and O–H groups in total. The molecule has 1 saturated carbocycles. The van der Waals surface area contributed by atoms with E-state index in [2.05, 4.69) is 15.8 Å². The standard InChI is InChI=1S/C18H23N5O/c1-22-10-21-18-16(17(22)20)13(9-23(18)12-4-2-3-5-12)11-6-7-14(19)15(24)8-11/h6-10,12,17,24H,2-5,19-20H2,1H3. The molecule has 2 heterocycles. The summed E-state index contributed by atoms with van der Waals surface area (Å²) >= 11 is 0. The van der Waals surface area contributed by atoms with Crippen molar-refractivity contribution < 1.29 is 5.11 Å². The van der Waals surface area contributed by atoms with E-state index in [1.807, 2.05) is 18.0 Å². The Bertz CT molecular complexity index is 804. The Balaban J connectivity index is 1.90. The summed E-state index contributed by atoms with van der Waals surface area (Å²) in [5.74, 6) is 1.04. The Morgan fingerprint density at radius 3 is 2.71 bits per heavy atom. The molecular formula is C18H23N5O. The van der Waals surface area contributed by atoms with Crippen LogP contribution in [0.1, 0.15) is 43.5 Å². The number of aromatic hydroxyl groups is 1. The van der Waals surface area contributed by atoms with Gasteiger partial charge in [0.2, 0.25) is 0 Å².